The molecule has 3 N–H and O–H groups in total. The summed E-state index contributed by atoms with van der Waals surface area (Å²) in [7, 11) is 1.62. The van der Waals surface area contributed by atoms with Crippen molar-refractivity contribution in [3.05, 3.63) is 0 Å². The summed E-state index contributed by atoms with van der Waals surface area (Å²) in [6, 6.07) is 0.0924. The maximum absolute atomic E-state index is 11.0. The van der Waals surface area contributed by atoms with Crippen LogP contribution in [0.25, 0.3) is 0 Å². The second-order valence-corrected chi connectivity index (χ2v) is 3.87. The summed E-state index contributed by atoms with van der Waals surface area (Å²) in [6.07, 6.45) is 4.96. The van der Waals surface area contributed by atoms with Gasteiger partial charge in [0.2, 0.25) is 5.91 Å². The largest absolute Gasteiger partial charge is 0.392 e. The van der Waals surface area contributed by atoms with E-state index in [1.165, 1.54) is 6.42 Å². The van der Waals surface area contributed by atoms with Gasteiger partial charge in [0.1, 0.15) is 0 Å². The van der Waals surface area contributed by atoms with Crippen molar-refractivity contribution < 1.29 is 9.90 Å². The Hall–Kier alpha value is -0.610. The first-order valence-corrected chi connectivity index (χ1v) is 5.36. The molecule has 0 aromatic carbocycles. The van der Waals surface area contributed by atoms with Crippen LogP contribution in [0.4, 0.5) is 0 Å². The molecule has 1 aliphatic carbocycles. The predicted molar refractivity (Wildman–Crippen MR) is 54.9 cm³/mol. The zero-order valence-electron chi connectivity index (χ0n) is 8.75. The Balaban J connectivity index is 2.29. The van der Waals surface area contributed by atoms with E-state index in [1.807, 2.05) is 0 Å². The highest BCUT2D eigenvalue weighted by Crippen LogP contribution is 2.17. The van der Waals surface area contributed by atoms with Crippen molar-refractivity contribution in [2.45, 2.75) is 44.2 Å². The van der Waals surface area contributed by atoms with Crippen LogP contribution >= 0.6 is 0 Å². The van der Waals surface area contributed by atoms with Gasteiger partial charge in [-0.1, -0.05) is 19.3 Å². The standard InChI is InChI=1S/C10H20N2O2/c1-11-10(14)7-12-8-5-3-2-4-6-9(8)13/h8-9,12-13H,2-7H2,1H3,(H,11,14). The summed E-state index contributed by atoms with van der Waals surface area (Å²) in [5.41, 5.74) is 0. The molecule has 1 saturated carbocycles. The molecule has 0 spiro atoms. The molecular formula is C10H20N2O2. The van der Waals surface area contributed by atoms with E-state index in [4.69, 9.17) is 0 Å². The summed E-state index contributed by atoms with van der Waals surface area (Å²) < 4.78 is 0. The van der Waals surface area contributed by atoms with Crippen molar-refractivity contribution in [2.75, 3.05) is 13.6 Å². The third-order valence-corrected chi connectivity index (χ3v) is 2.78. The molecule has 2 atom stereocenters. The van der Waals surface area contributed by atoms with E-state index in [0.29, 0.717) is 6.54 Å². The van der Waals surface area contributed by atoms with E-state index in [2.05, 4.69) is 10.6 Å². The first kappa shape index (κ1) is 11.5. The molecule has 4 nitrogen and oxygen atoms in total. The minimum Gasteiger partial charge on any atom is -0.392 e. The topological polar surface area (TPSA) is 61.4 Å². The van der Waals surface area contributed by atoms with Crippen LogP contribution in [0.5, 0.6) is 0 Å². The summed E-state index contributed by atoms with van der Waals surface area (Å²) >= 11 is 0. The molecule has 1 rings (SSSR count). The lowest BCUT2D eigenvalue weighted by Crippen LogP contribution is -2.43. The smallest absolute Gasteiger partial charge is 0.233 e. The molecule has 2 unspecified atom stereocenters. The normalized spacial score (nSPS) is 28.1. The second kappa shape index (κ2) is 5.98. The van der Waals surface area contributed by atoms with Gasteiger partial charge in [0.05, 0.1) is 12.6 Å². The molecule has 0 aromatic heterocycles. The molecule has 1 aliphatic rings. The van der Waals surface area contributed by atoms with Crippen molar-refractivity contribution in [3.63, 3.8) is 0 Å². The number of likely N-dealkylation sites (N-methyl/N-ethyl adjacent to an activating group) is 1. The van der Waals surface area contributed by atoms with E-state index in [-0.39, 0.29) is 18.1 Å². The van der Waals surface area contributed by atoms with Gasteiger partial charge in [0, 0.05) is 13.1 Å². The van der Waals surface area contributed by atoms with Gasteiger partial charge in [-0.2, -0.15) is 0 Å². The highest BCUT2D eigenvalue weighted by molar-refractivity contribution is 5.77. The molecule has 1 amide bonds. The Kier molecular flexibility index (Phi) is 4.90. The Bertz CT molecular complexity index is 185. The van der Waals surface area contributed by atoms with E-state index in [0.717, 1.165) is 25.7 Å². The average molecular weight is 200 g/mol. The van der Waals surface area contributed by atoms with Crippen LogP contribution in [0.1, 0.15) is 32.1 Å². The van der Waals surface area contributed by atoms with Crippen LogP contribution in [-0.4, -0.2) is 36.8 Å². The predicted octanol–water partition coefficient (Wildman–Crippen LogP) is 0.0156. The minimum absolute atomic E-state index is 0.0264. The molecular weight excluding hydrogens is 180 g/mol. The van der Waals surface area contributed by atoms with Crippen LogP contribution in [0, 0.1) is 0 Å². The van der Waals surface area contributed by atoms with Crippen LogP contribution < -0.4 is 10.6 Å². The molecule has 4 heteroatoms. The number of aliphatic hydroxyl groups is 1. The van der Waals surface area contributed by atoms with E-state index < -0.39 is 0 Å². The molecule has 0 bridgehead atoms. The van der Waals surface area contributed by atoms with Crippen LogP contribution in [0.15, 0.2) is 0 Å². The summed E-state index contributed by atoms with van der Waals surface area (Å²) in [4.78, 5) is 11.0. The fourth-order valence-corrected chi connectivity index (χ4v) is 1.84. The highest BCUT2D eigenvalue weighted by atomic mass is 16.3. The first-order valence-electron chi connectivity index (χ1n) is 5.36. The van der Waals surface area contributed by atoms with Crippen molar-refractivity contribution >= 4 is 5.91 Å². The van der Waals surface area contributed by atoms with Crippen molar-refractivity contribution in [1.82, 2.24) is 10.6 Å². The van der Waals surface area contributed by atoms with E-state index in [9.17, 15) is 9.90 Å². The number of nitrogens with one attached hydrogen (secondary N) is 2. The number of amides is 1. The van der Waals surface area contributed by atoms with Gasteiger partial charge in [-0.25, -0.2) is 0 Å². The van der Waals surface area contributed by atoms with Gasteiger partial charge in [-0.05, 0) is 12.8 Å². The lowest BCUT2D eigenvalue weighted by Gasteiger charge is -2.21. The Morgan fingerprint density at radius 3 is 2.79 bits per heavy atom. The lowest BCUT2D eigenvalue weighted by atomic mass is 10.1. The molecule has 0 saturated heterocycles. The minimum atomic E-state index is -0.290. The number of rotatable bonds is 3. The number of hydrogen-bond donors (Lipinski definition) is 3. The molecule has 0 radical (unpaired) electrons. The van der Waals surface area contributed by atoms with Crippen LogP contribution in [-0.2, 0) is 4.79 Å². The van der Waals surface area contributed by atoms with Crippen molar-refractivity contribution in [2.24, 2.45) is 0 Å². The van der Waals surface area contributed by atoms with E-state index >= 15 is 0 Å². The maximum Gasteiger partial charge on any atom is 0.233 e. The SMILES string of the molecule is CNC(=O)CNC1CCCCCC1O. The average Bonchev–Trinajstić information content (AvgIpc) is 2.39. The fourth-order valence-electron chi connectivity index (χ4n) is 1.84. The number of carbonyl (C=O) groups is 1. The Morgan fingerprint density at radius 2 is 2.07 bits per heavy atom. The second-order valence-electron chi connectivity index (χ2n) is 3.87. The van der Waals surface area contributed by atoms with Gasteiger partial charge < -0.3 is 15.7 Å². The highest BCUT2D eigenvalue weighted by Gasteiger charge is 2.21. The molecule has 1 fully saturated rings. The number of aliphatic hydroxyl groups excluding tert-OH is 1. The van der Waals surface area contributed by atoms with Crippen LogP contribution in [0.3, 0.4) is 0 Å². The van der Waals surface area contributed by atoms with E-state index in [1.54, 1.807) is 7.05 Å². The lowest BCUT2D eigenvalue weighted by molar-refractivity contribution is -0.120. The zero-order valence-corrected chi connectivity index (χ0v) is 8.75. The van der Waals surface area contributed by atoms with Gasteiger partial charge in [0.25, 0.3) is 0 Å². The van der Waals surface area contributed by atoms with Gasteiger partial charge >= 0.3 is 0 Å². The Labute approximate surface area is 85.1 Å². The number of carbonyl (C=O) groups excluding carboxylic acids is 1. The zero-order chi connectivity index (χ0) is 10.4. The summed E-state index contributed by atoms with van der Waals surface area (Å²) in [6.45, 7) is 0.304. The first-order chi connectivity index (χ1) is 6.74. The molecule has 0 aromatic rings. The Morgan fingerprint density at radius 1 is 1.36 bits per heavy atom. The molecule has 82 valence electrons. The summed E-state index contributed by atoms with van der Waals surface area (Å²) in [5, 5.41) is 15.4. The molecule has 14 heavy (non-hydrogen) atoms. The third kappa shape index (κ3) is 3.64. The quantitative estimate of drug-likeness (QED) is 0.563. The summed E-state index contributed by atoms with van der Waals surface area (Å²) in [5.74, 6) is -0.0264. The molecule has 0 heterocycles. The maximum atomic E-state index is 11.0. The molecule has 0 aliphatic heterocycles. The van der Waals surface area contributed by atoms with Crippen molar-refractivity contribution in [1.29, 1.82) is 0 Å². The third-order valence-electron chi connectivity index (χ3n) is 2.78. The number of hydrogen-bond acceptors (Lipinski definition) is 3. The van der Waals surface area contributed by atoms with Gasteiger partial charge in [0.15, 0.2) is 0 Å². The van der Waals surface area contributed by atoms with Crippen molar-refractivity contribution in [3.8, 4) is 0 Å². The van der Waals surface area contributed by atoms with Gasteiger partial charge in [-0.3, -0.25) is 4.79 Å². The monoisotopic (exact) mass is 200 g/mol. The fraction of sp³-hybridized carbons (Fsp3) is 0.900. The van der Waals surface area contributed by atoms with Gasteiger partial charge in [-0.15, -0.1) is 0 Å². The van der Waals surface area contributed by atoms with Crippen LogP contribution in [0.2, 0.25) is 0 Å².